The molecule has 0 atom stereocenters. The van der Waals surface area contributed by atoms with Crippen molar-refractivity contribution >= 4 is 5.97 Å². The summed E-state index contributed by atoms with van der Waals surface area (Å²) in [4.78, 5) is 15.4. The summed E-state index contributed by atoms with van der Waals surface area (Å²) >= 11 is 0. The summed E-state index contributed by atoms with van der Waals surface area (Å²) in [5, 5.41) is 0. The van der Waals surface area contributed by atoms with Crippen molar-refractivity contribution < 1.29 is 14.3 Å². The number of hydrogen-bond donors (Lipinski definition) is 0. The molecular weight excluding hydrogens is 182 g/mol. The maximum atomic E-state index is 11.4. The van der Waals surface area contributed by atoms with E-state index in [1.54, 1.807) is 26.3 Å². The van der Waals surface area contributed by atoms with Gasteiger partial charge in [0.15, 0.2) is 0 Å². The smallest absolute Gasteiger partial charge is 0.340 e. The number of aryl methyl sites for hydroxylation is 1. The zero-order valence-electron chi connectivity index (χ0n) is 8.53. The molecule has 76 valence electrons. The monoisotopic (exact) mass is 195 g/mol. The largest absolute Gasteiger partial charge is 0.465 e. The molecule has 4 nitrogen and oxygen atoms in total. The fourth-order valence-corrected chi connectivity index (χ4v) is 1.28. The van der Waals surface area contributed by atoms with Crippen LogP contribution in [0.4, 0.5) is 0 Å². The molecule has 1 heterocycles. The summed E-state index contributed by atoms with van der Waals surface area (Å²) in [7, 11) is 2.93. The first kappa shape index (κ1) is 10.7. The van der Waals surface area contributed by atoms with Crippen molar-refractivity contribution in [1.82, 2.24) is 4.98 Å². The van der Waals surface area contributed by atoms with Gasteiger partial charge in [0.2, 0.25) is 0 Å². The second-order valence-electron chi connectivity index (χ2n) is 2.86. The third-order valence-corrected chi connectivity index (χ3v) is 1.92. The lowest BCUT2D eigenvalue weighted by Crippen LogP contribution is -2.10. The van der Waals surface area contributed by atoms with Crippen molar-refractivity contribution in [3.05, 3.63) is 29.1 Å². The Morgan fingerprint density at radius 2 is 2.21 bits per heavy atom. The van der Waals surface area contributed by atoms with Gasteiger partial charge >= 0.3 is 5.97 Å². The number of carbonyl (C=O) groups is 1. The normalized spacial score (nSPS) is 9.93. The maximum absolute atomic E-state index is 11.4. The van der Waals surface area contributed by atoms with E-state index in [1.165, 1.54) is 7.11 Å². The van der Waals surface area contributed by atoms with Crippen molar-refractivity contribution in [1.29, 1.82) is 0 Å². The van der Waals surface area contributed by atoms with Gasteiger partial charge in [-0.05, 0) is 18.6 Å². The van der Waals surface area contributed by atoms with Crippen LogP contribution in [0.25, 0.3) is 0 Å². The lowest BCUT2D eigenvalue weighted by atomic mass is 10.1. The summed E-state index contributed by atoms with van der Waals surface area (Å²) in [6, 6.07) is 1.75. The van der Waals surface area contributed by atoms with Gasteiger partial charge in [0, 0.05) is 13.3 Å². The Morgan fingerprint density at radius 3 is 2.79 bits per heavy atom. The fourth-order valence-electron chi connectivity index (χ4n) is 1.28. The van der Waals surface area contributed by atoms with Crippen LogP contribution in [-0.4, -0.2) is 25.2 Å². The van der Waals surface area contributed by atoms with Crippen LogP contribution in [0.5, 0.6) is 0 Å². The molecule has 1 aromatic heterocycles. The first-order valence-corrected chi connectivity index (χ1v) is 4.22. The molecular formula is C10H13NO3. The van der Waals surface area contributed by atoms with Gasteiger partial charge in [-0.1, -0.05) is 0 Å². The lowest BCUT2D eigenvalue weighted by Gasteiger charge is -2.08. The zero-order valence-corrected chi connectivity index (χ0v) is 8.53. The first-order chi connectivity index (χ1) is 6.70. The van der Waals surface area contributed by atoms with Crippen molar-refractivity contribution in [2.24, 2.45) is 0 Å². The maximum Gasteiger partial charge on any atom is 0.340 e. The highest BCUT2D eigenvalue weighted by Gasteiger charge is 2.14. The number of methoxy groups -OCH3 is 2. The number of pyridine rings is 1. The quantitative estimate of drug-likeness (QED) is 0.682. The summed E-state index contributed by atoms with van der Waals surface area (Å²) in [5.74, 6) is -0.373. The Balaban J connectivity index is 3.15. The van der Waals surface area contributed by atoms with Crippen LogP contribution in [0.15, 0.2) is 12.3 Å². The number of ether oxygens (including phenoxy) is 2. The van der Waals surface area contributed by atoms with Gasteiger partial charge in [-0.2, -0.15) is 0 Å². The molecule has 0 N–H and O–H groups in total. The van der Waals surface area contributed by atoms with E-state index in [-0.39, 0.29) is 5.97 Å². The number of nitrogens with zero attached hydrogens (tertiary/aromatic N) is 1. The number of rotatable bonds is 3. The molecule has 14 heavy (non-hydrogen) atoms. The first-order valence-electron chi connectivity index (χ1n) is 4.22. The lowest BCUT2D eigenvalue weighted by molar-refractivity contribution is 0.0594. The number of carbonyl (C=O) groups excluding carboxylic acids is 1. The fraction of sp³-hybridized carbons (Fsp3) is 0.400. The molecule has 0 aromatic carbocycles. The number of aromatic nitrogens is 1. The van der Waals surface area contributed by atoms with Crippen LogP contribution in [0.2, 0.25) is 0 Å². The molecule has 0 unspecified atom stereocenters. The highest BCUT2D eigenvalue weighted by atomic mass is 16.5. The molecule has 1 rings (SSSR count). The molecule has 0 aliphatic heterocycles. The number of hydrogen-bond acceptors (Lipinski definition) is 4. The molecule has 0 fully saturated rings. The molecule has 0 amide bonds. The van der Waals surface area contributed by atoms with Crippen molar-refractivity contribution in [3.8, 4) is 0 Å². The van der Waals surface area contributed by atoms with Crippen molar-refractivity contribution in [2.75, 3.05) is 14.2 Å². The molecule has 0 aliphatic rings. The van der Waals surface area contributed by atoms with E-state index < -0.39 is 0 Å². The molecule has 1 aromatic rings. The average molecular weight is 195 g/mol. The Morgan fingerprint density at radius 1 is 1.50 bits per heavy atom. The predicted molar refractivity (Wildman–Crippen MR) is 51.0 cm³/mol. The van der Waals surface area contributed by atoms with E-state index in [9.17, 15) is 4.79 Å². The molecule has 4 heteroatoms. The van der Waals surface area contributed by atoms with Crippen molar-refractivity contribution in [2.45, 2.75) is 13.5 Å². The molecule has 0 radical (unpaired) electrons. The highest BCUT2D eigenvalue weighted by Crippen LogP contribution is 2.13. The van der Waals surface area contributed by atoms with E-state index in [0.29, 0.717) is 17.9 Å². The second kappa shape index (κ2) is 4.72. The Labute approximate surface area is 82.9 Å². The van der Waals surface area contributed by atoms with Gasteiger partial charge in [-0.3, -0.25) is 4.98 Å². The van der Waals surface area contributed by atoms with E-state index in [0.717, 1.165) is 5.56 Å². The van der Waals surface area contributed by atoms with Crippen LogP contribution in [0, 0.1) is 6.92 Å². The molecule has 0 spiro atoms. The predicted octanol–water partition coefficient (Wildman–Crippen LogP) is 1.32. The average Bonchev–Trinajstić information content (AvgIpc) is 2.18. The summed E-state index contributed by atoms with van der Waals surface area (Å²) in [5.41, 5.74) is 1.95. The zero-order chi connectivity index (χ0) is 10.6. The Kier molecular flexibility index (Phi) is 3.59. The summed E-state index contributed by atoms with van der Waals surface area (Å²) < 4.78 is 9.65. The number of esters is 1. The van der Waals surface area contributed by atoms with Crippen LogP contribution in [0.3, 0.4) is 0 Å². The highest BCUT2D eigenvalue weighted by molar-refractivity contribution is 5.92. The van der Waals surface area contributed by atoms with E-state index >= 15 is 0 Å². The SMILES string of the molecule is COCc1ccnc(C)c1C(=O)OC. The minimum Gasteiger partial charge on any atom is -0.465 e. The van der Waals surface area contributed by atoms with Crippen molar-refractivity contribution in [3.63, 3.8) is 0 Å². The summed E-state index contributed by atoms with van der Waals surface area (Å²) in [6.45, 7) is 2.15. The minimum absolute atomic E-state index is 0.373. The third-order valence-electron chi connectivity index (χ3n) is 1.92. The van der Waals surface area contributed by atoms with Crippen LogP contribution >= 0.6 is 0 Å². The molecule has 0 bridgehead atoms. The van der Waals surface area contributed by atoms with Crippen LogP contribution in [-0.2, 0) is 16.1 Å². The van der Waals surface area contributed by atoms with Gasteiger partial charge in [-0.25, -0.2) is 4.79 Å². The van der Waals surface area contributed by atoms with Gasteiger partial charge < -0.3 is 9.47 Å². The van der Waals surface area contributed by atoms with E-state index in [4.69, 9.17) is 4.74 Å². The van der Waals surface area contributed by atoms with Gasteiger partial charge in [0.25, 0.3) is 0 Å². The van der Waals surface area contributed by atoms with Gasteiger partial charge in [-0.15, -0.1) is 0 Å². The molecule has 0 saturated carbocycles. The van der Waals surface area contributed by atoms with Crippen LogP contribution < -0.4 is 0 Å². The van der Waals surface area contributed by atoms with Gasteiger partial charge in [0.1, 0.15) is 0 Å². The topological polar surface area (TPSA) is 48.4 Å². The van der Waals surface area contributed by atoms with Crippen LogP contribution in [0.1, 0.15) is 21.6 Å². The Bertz CT molecular complexity index is 336. The third kappa shape index (κ3) is 2.09. The minimum atomic E-state index is -0.373. The summed E-state index contributed by atoms with van der Waals surface area (Å²) in [6.07, 6.45) is 1.65. The van der Waals surface area contributed by atoms with E-state index in [2.05, 4.69) is 9.72 Å². The standard InChI is InChI=1S/C10H13NO3/c1-7-9(10(12)14-3)8(6-13-2)4-5-11-7/h4-5H,6H2,1-3H3. The molecule has 0 saturated heterocycles. The second-order valence-corrected chi connectivity index (χ2v) is 2.86. The Hall–Kier alpha value is -1.42. The van der Waals surface area contributed by atoms with E-state index in [1.807, 2.05) is 0 Å². The van der Waals surface area contributed by atoms with Gasteiger partial charge in [0.05, 0.1) is 25.0 Å². The molecule has 0 aliphatic carbocycles.